The standard InChI is InChI=1S/C15H15/c1-13-7-5-6-10-15(13)12-11-14-8-3-2-4-9-14/h2-9H,11-12H2,1H3. The molecule has 0 aliphatic rings. The van der Waals surface area contributed by atoms with Gasteiger partial charge in [0.25, 0.3) is 0 Å². The lowest BCUT2D eigenvalue weighted by Gasteiger charge is -2.04. The maximum atomic E-state index is 3.31. The van der Waals surface area contributed by atoms with Crippen molar-refractivity contribution >= 4 is 0 Å². The predicted molar refractivity (Wildman–Crippen MR) is 63.9 cm³/mol. The fourth-order valence-corrected chi connectivity index (χ4v) is 1.74. The van der Waals surface area contributed by atoms with E-state index in [0.717, 1.165) is 12.8 Å². The zero-order chi connectivity index (χ0) is 10.5. The quantitative estimate of drug-likeness (QED) is 0.702. The van der Waals surface area contributed by atoms with Gasteiger partial charge < -0.3 is 0 Å². The van der Waals surface area contributed by atoms with Gasteiger partial charge in [-0.2, -0.15) is 0 Å². The molecule has 0 atom stereocenters. The molecule has 0 saturated carbocycles. The Morgan fingerprint density at radius 1 is 0.933 bits per heavy atom. The van der Waals surface area contributed by atoms with Crippen molar-refractivity contribution in [3.05, 3.63) is 71.3 Å². The van der Waals surface area contributed by atoms with Crippen molar-refractivity contribution in [2.75, 3.05) is 0 Å². The second-order valence-corrected chi connectivity index (χ2v) is 3.82. The Labute approximate surface area is 91.6 Å². The van der Waals surface area contributed by atoms with Crippen LogP contribution < -0.4 is 0 Å². The largest absolute Gasteiger partial charge is 0.0622 e. The van der Waals surface area contributed by atoms with Gasteiger partial charge >= 0.3 is 0 Å². The Morgan fingerprint density at radius 2 is 1.73 bits per heavy atom. The van der Waals surface area contributed by atoms with Gasteiger partial charge in [0, 0.05) is 0 Å². The van der Waals surface area contributed by atoms with E-state index in [0.29, 0.717) is 0 Å². The van der Waals surface area contributed by atoms with Gasteiger partial charge in [-0.1, -0.05) is 48.5 Å². The molecule has 2 rings (SSSR count). The van der Waals surface area contributed by atoms with Crippen LogP contribution in [0.15, 0.2) is 48.5 Å². The summed E-state index contributed by atoms with van der Waals surface area (Å²) in [5.74, 6) is 0. The number of aryl methyl sites for hydroxylation is 3. The summed E-state index contributed by atoms with van der Waals surface area (Å²) in [4.78, 5) is 0. The molecule has 0 spiro atoms. The smallest absolute Gasteiger partial charge is 0.0146 e. The van der Waals surface area contributed by atoms with E-state index in [9.17, 15) is 0 Å². The van der Waals surface area contributed by atoms with Crippen LogP contribution >= 0.6 is 0 Å². The van der Waals surface area contributed by atoms with E-state index in [1.54, 1.807) is 0 Å². The molecular formula is C15H15. The Hall–Kier alpha value is -1.56. The molecule has 0 fully saturated rings. The Morgan fingerprint density at radius 3 is 2.47 bits per heavy atom. The third-order valence-electron chi connectivity index (χ3n) is 2.68. The molecule has 0 aromatic heterocycles. The number of benzene rings is 2. The van der Waals surface area contributed by atoms with Crippen molar-refractivity contribution < 1.29 is 0 Å². The minimum Gasteiger partial charge on any atom is -0.0622 e. The van der Waals surface area contributed by atoms with Crippen LogP contribution in [0.1, 0.15) is 16.7 Å². The zero-order valence-corrected chi connectivity index (χ0v) is 9.03. The first-order valence-corrected chi connectivity index (χ1v) is 5.36. The maximum absolute atomic E-state index is 3.31. The van der Waals surface area contributed by atoms with E-state index in [4.69, 9.17) is 0 Å². The molecule has 15 heavy (non-hydrogen) atoms. The summed E-state index contributed by atoms with van der Waals surface area (Å²) in [5, 5.41) is 0. The minimum absolute atomic E-state index is 1.08. The SMILES string of the molecule is Cc1ccc[c]c1CCc1ccccc1. The number of hydrogen-bond acceptors (Lipinski definition) is 0. The molecule has 0 unspecified atom stereocenters. The summed E-state index contributed by atoms with van der Waals surface area (Å²) in [7, 11) is 0. The summed E-state index contributed by atoms with van der Waals surface area (Å²) in [5.41, 5.74) is 4.07. The minimum atomic E-state index is 1.08. The third kappa shape index (κ3) is 2.69. The van der Waals surface area contributed by atoms with Crippen LogP contribution in [-0.4, -0.2) is 0 Å². The summed E-state index contributed by atoms with van der Waals surface area (Å²) in [6, 6.07) is 20.1. The van der Waals surface area contributed by atoms with Crippen molar-refractivity contribution in [2.24, 2.45) is 0 Å². The van der Waals surface area contributed by atoms with Crippen molar-refractivity contribution in [3.63, 3.8) is 0 Å². The Balaban J connectivity index is 2.03. The van der Waals surface area contributed by atoms with Crippen LogP contribution in [0.25, 0.3) is 0 Å². The molecule has 0 amide bonds. The maximum Gasteiger partial charge on any atom is -0.0146 e. The zero-order valence-electron chi connectivity index (χ0n) is 9.03. The Kier molecular flexibility index (Phi) is 3.18. The molecule has 0 aliphatic carbocycles. The van der Waals surface area contributed by atoms with Crippen molar-refractivity contribution in [3.8, 4) is 0 Å². The van der Waals surface area contributed by atoms with Gasteiger partial charge in [0.15, 0.2) is 0 Å². The number of rotatable bonds is 3. The molecule has 0 heteroatoms. The highest BCUT2D eigenvalue weighted by atomic mass is 14.0. The highest BCUT2D eigenvalue weighted by Crippen LogP contribution is 2.10. The molecule has 0 bridgehead atoms. The lowest BCUT2D eigenvalue weighted by atomic mass is 10.0. The summed E-state index contributed by atoms with van der Waals surface area (Å²) in [6.07, 6.45) is 2.18. The van der Waals surface area contributed by atoms with Crippen molar-refractivity contribution in [1.82, 2.24) is 0 Å². The lowest BCUT2D eigenvalue weighted by Crippen LogP contribution is -1.93. The van der Waals surface area contributed by atoms with E-state index in [1.165, 1.54) is 16.7 Å². The average molecular weight is 195 g/mol. The van der Waals surface area contributed by atoms with Crippen LogP contribution in [0.5, 0.6) is 0 Å². The first-order valence-electron chi connectivity index (χ1n) is 5.36. The van der Waals surface area contributed by atoms with Gasteiger partial charge in [-0.05, 0) is 42.5 Å². The van der Waals surface area contributed by atoms with Crippen LogP contribution in [0.3, 0.4) is 0 Å². The molecule has 0 heterocycles. The third-order valence-corrected chi connectivity index (χ3v) is 2.68. The molecule has 0 aliphatic heterocycles. The molecule has 2 aromatic carbocycles. The molecule has 0 N–H and O–H groups in total. The highest BCUT2D eigenvalue weighted by Gasteiger charge is 1.98. The fourth-order valence-electron chi connectivity index (χ4n) is 1.74. The first kappa shape index (κ1) is 9.97. The van der Waals surface area contributed by atoms with Gasteiger partial charge in [-0.25, -0.2) is 0 Å². The van der Waals surface area contributed by atoms with Crippen LogP contribution in [0, 0.1) is 13.0 Å². The fraction of sp³-hybridized carbons (Fsp3) is 0.200. The van der Waals surface area contributed by atoms with Gasteiger partial charge in [-0.15, -0.1) is 0 Å². The van der Waals surface area contributed by atoms with Gasteiger partial charge in [0.1, 0.15) is 0 Å². The summed E-state index contributed by atoms with van der Waals surface area (Å²) in [6.45, 7) is 2.15. The van der Waals surface area contributed by atoms with Gasteiger partial charge in [0.05, 0.1) is 0 Å². The molecule has 2 aromatic rings. The van der Waals surface area contributed by atoms with Gasteiger partial charge in [0.2, 0.25) is 0 Å². The topological polar surface area (TPSA) is 0 Å². The second-order valence-electron chi connectivity index (χ2n) is 3.82. The lowest BCUT2D eigenvalue weighted by molar-refractivity contribution is 0.947. The molecule has 75 valence electrons. The van der Waals surface area contributed by atoms with Crippen molar-refractivity contribution in [1.29, 1.82) is 0 Å². The monoisotopic (exact) mass is 195 g/mol. The van der Waals surface area contributed by atoms with E-state index >= 15 is 0 Å². The summed E-state index contributed by atoms with van der Waals surface area (Å²) >= 11 is 0. The molecule has 1 radical (unpaired) electrons. The van der Waals surface area contributed by atoms with E-state index in [2.05, 4.69) is 49.4 Å². The summed E-state index contributed by atoms with van der Waals surface area (Å²) < 4.78 is 0. The molecular weight excluding hydrogens is 180 g/mol. The van der Waals surface area contributed by atoms with Crippen LogP contribution in [0.4, 0.5) is 0 Å². The predicted octanol–water partition coefficient (Wildman–Crippen LogP) is 3.58. The highest BCUT2D eigenvalue weighted by molar-refractivity contribution is 5.26. The molecule has 0 saturated heterocycles. The average Bonchev–Trinajstić information content (AvgIpc) is 2.29. The molecule has 0 nitrogen and oxygen atoms in total. The van der Waals surface area contributed by atoms with Crippen LogP contribution in [-0.2, 0) is 12.8 Å². The van der Waals surface area contributed by atoms with E-state index < -0.39 is 0 Å². The number of hydrogen-bond donors (Lipinski definition) is 0. The Bertz CT molecular complexity index is 415. The van der Waals surface area contributed by atoms with E-state index in [1.807, 2.05) is 12.1 Å². The normalized spacial score (nSPS) is 10.2. The van der Waals surface area contributed by atoms with E-state index in [-0.39, 0.29) is 0 Å². The second kappa shape index (κ2) is 4.79. The van der Waals surface area contributed by atoms with Crippen molar-refractivity contribution in [2.45, 2.75) is 19.8 Å². The van der Waals surface area contributed by atoms with Crippen LogP contribution in [0.2, 0.25) is 0 Å². The first-order chi connectivity index (χ1) is 7.36. The van der Waals surface area contributed by atoms with Gasteiger partial charge in [-0.3, -0.25) is 0 Å².